The molecule has 2 aromatic rings. The molecule has 0 heterocycles. The Morgan fingerprint density at radius 2 is 2.10 bits per heavy atom. The van der Waals surface area contributed by atoms with Gasteiger partial charge >= 0.3 is 0 Å². The van der Waals surface area contributed by atoms with Gasteiger partial charge in [0.15, 0.2) is 5.84 Å². The van der Waals surface area contributed by atoms with Crippen molar-refractivity contribution in [3.05, 3.63) is 62.6 Å². The molecule has 2 aromatic carbocycles. The van der Waals surface area contributed by atoms with E-state index in [1.165, 1.54) is 0 Å². The van der Waals surface area contributed by atoms with Gasteiger partial charge in [-0.3, -0.25) is 0 Å². The Hall–Kier alpha value is -1.72. The number of nitrogens with zero attached hydrogens (tertiary/aromatic N) is 1. The van der Waals surface area contributed by atoms with Gasteiger partial charge in [0.25, 0.3) is 0 Å². The van der Waals surface area contributed by atoms with Crippen LogP contribution in [0.2, 0.25) is 5.02 Å². The van der Waals surface area contributed by atoms with Crippen molar-refractivity contribution in [2.45, 2.75) is 13.5 Å². The summed E-state index contributed by atoms with van der Waals surface area (Å²) in [5.41, 5.74) is 8.22. The summed E-state index contributed by atoms with van der Waals surface area (Å²) in [4.78, 5) is 0. The average Bonchev–Trinajstić information content (AvgIpc) is 2.48. The SMILES string of the molecule is Cc1cc(/C(N)=N/O)ccc1COc1cc(Br)ccc1Cl. The lowest BCUT2D eigenvalue weighted by molar-refractivity contribution is 0.305. The maximum Gasteiger partial charge on any atom is 0.170 e. The van der Waals surface area contributed by atoms with Crippen molar-refractivity contribution in [2.75, 3.05) is 0 Å². The highest BCUT2D eigenvalue weighted by atomic mass is 79.9. The number of benzene rings is 2. The molecule has 0 saturated heterocycles. The third-order valence-corrected chi connectivity index (χ3v) is 3.83. The fourth-order valence-corrected chi connectivity index (χ4v) is 2.33. The van der Waals surface area contributed by atoms with Gasteiger partial charge in [-0.15, -0.1) is 0 Å². The molecule has 110 valence electrons. The maximum absolute atomic E-state index is 8.68. The van der Waals surface area contributed by atoms with Crippen molar-refractivity contribution in [1.82, 2.24) is 0 Å². The summed E-state index contributed by atoms with van der Waals surface area (Å²) < 4.78 is 6.64. The minimum Gasteiger partial charge on any atom is -0.487 e. The molecular weight excluding hydrogens is 356 g/mol. The zero-order valence-electron chi connectivity index (χ0n) is 11.3. The van der Waals surface area contributed by atoms with Gasteiger partial charge in [0, 0.05) is 10.0 Å². The summed E-state index contributed by atoms with van der Waals surface area (Å²) in [5, 5.41) is 12.2. The first-order valence-corrected chi connectivity index (χ1v) is 7.33. The predicted molar refractivity (Wildman–Crippen MR) is 87.2 cm³/mol. The van der Waals surface area contributed by atoms with E-state index in [4.69, 9.17) is 27.3 Å². The van der Waals surface area contributed by atoms with Crippen LogP contribution >= 0.6 is 27.5 Å². The number of oxime groups is 1. The summed E-state index contributed by atoms with van der Waals surface area (Å²) in [6.45, 7) is 2.33. The maximum atomic E-state index is 8.68. The second-order valence-corrected chi connectivity index (χ2v) is 5.81. The molecule has 0 aliphatic heterocycles. The minimum absolute atomic E-state index is 0.0839. The zero-order valence-corrected chi connectivity index (χ0v) is 13.6. The molecule has 0 aliphatic rings. The molecule has 0 fully saturated rings. The molecule has 0 saturated carbocycles. The van der Waals surface area contributed by atoms with E-state index < -0.39 is 0 Å². The first kappa shape index (κ1) is 15.7. The zero-order chi connectivity index (χ0) is 15.4. The van der Waals surface area contributed by atoms with Crippen molar-refractivity contribution in [3.63, 3.8) is 0 Å². The first-order chi connectivity index (χ1) is 10.0. The van der Waals surface area contributed by atoms with Crippen molar-refractivity contribution in [2.24, 2.45) is 10.9 Å². The fraction of sp³-hybridized carbons (Fsp3) is 0.133. The molecule has 0 radical (unpaired) electrons. The Bertz CT molecular complexity index is 689. The summed E-state index contributed by atoms with van der Waals surface area (Å²) in [6.07, 6.45) is 0. The molecule has 0 spiro atoms. The van der Waals surface area contributed by atoms with E-state index in [9.17, 15) is 0 Å². The quantitative estimate of drug-likeness (QED) is 0.369. The van der Waals surface area contributed by atoms with Crippen LogP contribution in [0, 0.1) is 6.92 Å². The molecule has 2 rings (SSSR count). The van der Waals surface area contributed by atoms with Gasteiger partial charge in [-0.2, -0.15) is 0 Å². The summed E-state index contributed by atoms with van der Waals surface area (Å²) in [6, 6.07) is 11.0. The van der Waals surface area contributed by atoms with Crippen LogP contribution in [0.25, 0.3) is 0 Å². The third kappa shape index (κ3) is 3.89. The average molecular weight is 370 g/mol. The highest BCUT2D eigenvalue weighted by Gasteiger charge is 2.07. The second kappa shape index (κ2) is 6.83. The van der Waals surface area contributed by atoms with E-state index in [2.05, 4.69) is 21.1 Å². The Kier molecular flexibility index (Phi) is 5.09. The number of ether oxygens (including phenoxy) is 1. The summed E-state index contributed by atoms with van der Waals surface area (Å²) in [5.74, 6) is 0.701. The third-order valence-electron chi connectivity index (χ3n) is 3.02. The lowest BCUT2D eigenvalue weighted by atomic mass is 10.1. The van der Waals surface area contributed by atoms with Crippen LogP contribution in [0.4, 0.5) is 0 Å². The van der Waals surface area contributed by atoms with Crippen LogP contribution in [0.3, 0.4) is 0 Å². The van der Waals surface area contributed by atoms with Crippen LogP contribution < -0.4 is 10.5 Å². The predicted octanol–water partition coefficient (Wildman–Crippen LogP) is 4.08. The van der Waals surface area contributed by atoms with Gasteiger partial charge in [0.2, 0.25) is 0 Å². The summed E-state index contributed by atoms with van der Waals surface area (Å²) >= 11 is 9.46. The van der Waals surface area contributed by atoms with Gasteiger partial charge in [-0.25, -0.2) is 0 Å². The van der Waals surface area contributed by atoms with Gasteiger partial charge in [-0.05, 0) is 42.3 Å². The van der Waals surface area contributed by atoms with Crippen LogP contribution in [-0.4, -0.2) is 11.0 Å². The van der Waals surface area contributed by atoms with Crippen molar-refractivity contribution in [1.29, 1.82) is 0 Å². The molecule has 0 bridgehead atoms. The molecular formula is C15H14BrClN2O2. The number of halogens is 2. The largest absolute Gasteiger partial charge is 0.487 e. The van der Waals surface area contributed by atoms with E-state index in [0.29, 0.717) is 22.9 Å². The molecule has 4 nitrogen and oxygen atoms in total. The van der Waals surface area contributed by atoms with Crippen LogP contribution in [-0.2, 0) is 6.61 Å². The molecule has 0 aromatic heterocycles. The smallest absolute Gasteiger partial charge is 0.170 e. The van der Waals surface area contributed by atoms with Gasteiger partial charge in [0.1, 0.15) is 12.4 Å². The highest BCUT2D eigenvalue weighted by Crippen LogP contribution is 2.28. The normalized spacial score (nSPS) is 11.5. The number of aryl methyl sites for hydroxylation is 1. The van der Waals surface area contributed by atoms with Crippen molar-refractivity contribution in [3.8, 4) is 5.75 Å². The molecule has 21 heavy (non-hydrogen) atoms. The van der Waals surface area contributed by atoms with E-state index in [-0.39, 0.29) is 5.84 Å². The van der Waals surface area contributed by atoms with E-state index >= 15 is 0 Å². The lowest BCUT2D eigenvalue weighted by Gasteiger charge is -2.11. The van der Waals surface area contributed by atoms with Crippen molar-refractivity contribution >= 4 is 33.4 Å². The van der Waals surface area contributed by atoms with Gasteiger partial charge in [-0.1, -0.05) is 44.8 Å². The van der Waals surface area contributed by atoms with Gasteiger partial charge < -0.3 is 15.7 Å². The Morgan fingerprint density at radius 3 is 2.76 bits per heavy atom. The van der Waals surface area contributed by atoms with E-state index in [0.717, 1.165) is 15.6 Å². The molecule has 0 aliphatic carbocycles. The Labute approximate surface area is 136 Å². The number of rotatable bonds is 4. The summed E-state index contributed by atoms with van der Waals surface area (Å²) in [7, 11) is 0. The monoisotopic (exact) mass is 368 g/mol. The molecule has 3 N–H and O–H groups in total. The number of hydrogen-bond donors (Lipinski definition) is 2. The minimum atomic E-state index is 0.0839. The highest BCUT2D eigenvalue weighted by molar-refractivity contribution is 9.10. The Balaban J connectivity index is 2.15. The first-order valence-electron chi connectivity index (χ1n) is 6.16. The second-order valence-electron chi connectivity index (χ2n) is 4.49. The molecule has 0 unspecified atom stereocenters. The standard InChI is InChI=1S/C15H14BrClN2O2/c1-9-6-10(15(18)19-20)2-3-11(9)8-21-14-7-12(16)4-5-13(14)17/h2-7,20H,8H2,1H3,(H2,18,19). The molecule has 0 amide bonds. The number of amidine groups is 1. The topological polar surface area (TPSA) is 67.8 Å². The number of hydrogen-bond acceptors (Lipinski definition) is 3. The van der Waals surface area contributed by atoms with Crippen molar-refractivity contribution < 1.29 is 9.94 Å². The van der Waals surface area contributed by atoms with Gasteiger partial charge in [0.05, 0.1) is 5.02 Å². The number of nitrogens with two attached hydrogens (primary N) is 1. The molecule has 0 atom stereocenters. The fourth-order valence-electron chi connectivity index (χ4n) is 1.82. The van der Waals surface area contributed by atoms with Crippen LogP contribution in [0.5, 0.6) is 5.75 Å². The lowest BCUT2D eigenvalue weighted by Crippen LogP contribution is -2.13. The molecule has 6 heteroatoms. The van der Waals surface area contributed by atoms with E-state index in [1.54, 1.807) is 12.1 Å². The van der Waals surface area contributed by atoms with E-state index in [1.807, 2.05) is 31.2 Å². The van der Waals surface area contributed by atoms with Crippen LogP contribution in [0.1, 0.15) is 16.7 Å². The van der Waals surface area contributed by atoms with Crippen LogP contribution in [0.15, 0.2) is 46.0 Å². The Morgan fingerprint density at radius 1 is 1.33 bits per heavy atom.